The molecule has 21 heavy (non-hydrogen) atoms. The zero-order valence-electron chi connectivity index (χ0n) is 12.1. The Kier molecular flexibility index (Phi) is 6.23. The van der Waals surface area contributed by atoms with Gasteiger partial charge in [0.15, 0.2) is 0 Å². The Morgan fingerprint density at radius 3 is 2.81 bits per heavy atom. The second-order valence-corrected chi connectivity index (χ2v) is 7.19. The quantitative estimate of drug-likeness (QED) is 0.648. The van der Waals surface area contributed by atoms with Crippen LogP contribution in [0.4, 0.5) is 4.39 Å². The average molecular weight is 391 g/mol. The van der Waals surface area contributed by atoms with Crippen LogP contribution in [0.15, 0.2) is 28.1 Å². The maximum Gasteiger partial charge on any atom is 0.123 e. The molecule has 1 unspecified atom stereocenters. The molecule has 1 N–H and O–H groups in total. The summed E-state index contributed by atoms with van der Waals surface area (Å²) in [5, 5.41) is 6.41. The zero-order valence-corrected chi connectivity index (χ0v) is 15.2. The minimum Gasteiger partial charge on any atom is -0.309 e. The molecule has 0 fully saturated rings. The molecule has 0 aliphatic carbocycles. The van der Waals surface area contributed by atoms with Gasteiger partial charge in [0.05, 0.1) is 5.02 Å². The highest BCUT2D eigenvalue weighted by Crippen LogP contribution is 2.35. The number of hydrogen-bond acceptors (Lipinski definition) is 2. The van der Waals surface area contributed by atoms with E-state index in [0.717, 1.165) is 38.5 Å². The fourth-order valence-electron chi connectivity index (χ4n) is 2.18. The van der Waals surface area contributed by atoms with E-state index in [1.807, 2.05) is 6.92 Å². The molecule has 5 heteroatoms. The largest absolute Gasteiger partial charge is 0.309 e. The predicted molar refractivity (Wildman–Crippen MR) is 92.9 cm³/mol. The number of thiophene rings is 1. The van der Waals surface area contributed by atoms with Gasteiger partial charge in [0.1, 0.15) is 5.82 Å². The third-order valence-electron chi connectivity index (χ3n) is 3.31. The fraction of sp³-hybridized carbons (Fsp3) is 0.375. The topological polar surface area (TPSA) is 12.0 Å². The van der Waals surface area contributed by atoms with Crippen LogP contribution in [0.5, 0.6) is 0 Å². The van der Waals surface area contributed by atoms with E-state index in [0.29, 0.717) is 6.42 Å². The van der Waals surface area contributed by atoms with Gasteiger partial charge in [-0.3, -0.25) is 0 Å². The minimum atomic E-state index is -0.212. The van der Waals surface area contributed by atoms with Gasteiger partial charge in [-0.15, -0.1) is 11.3 Å². The Balaban J connectivity index is 2.28. The van der Waals surface area contributed by atoms with E-state index in [-0.39, 0.29) is 11.9 Å². The van der Waals surface area contributed by atoms with Gasteiger partial charge in [-0.1, -0.05) is 34.5 Å². The van der Waals surface area contributed by atoms with E-state index >= 15 is 0 Å². The lowest BCUT2D eigenvalue weighted by atomic mass is 10.0. The summed E-state index contributed by atoms with van der Waals surface area (Å²) in [6, 6.07) is 4.90. The summed E-state index contributed by atoms with van der Waals surface area (Å²) < 4.78 is 14.4. The van der Waals surface area contributed by atoms with Crippen LogP contribution in [0, 0.1) is 12.7 Å². The minimum absolute atomic E-state index is 0.106. The van der Waals surface area contributed by atoms with Gasteiger partial charge in [-0.2, -0.15) is 0 Å². The summed E-state index contributed by atoms with van der Waals surface area (Å²) in [7, 11) is 0. The predicted octanol–water partition coefficient (Wildman–Crippen LogP) is 5.89. The molecule has 1 heterocycles. The highest BCUT2D eigenvalue weighted by molar-refractivity contribution is 9.10. The molecule has 114 valence electrons. The van der Waals surface area contributed by atoms with Crippen molar-refractivity contribution < 1.29 is 4.39 Å². The van der Waals surface area contributed by atoms with Crippen LogP contribution in [-0.4, -0.2) is 6.54 Å². The first-order chi connectivity index (χ1) is 10.0. The second-order valence-electron chi connectivity index (χ2n) is 5.04. The molecule has 0 amide bonds. The van der Waals surface area contributed by atoms with E-state index < -0.39 is 0 Å². The first kappa shape index (κ1) is 16.9. The highest BCUT2D eigenvalue weighted by Gasteiger charge is 2.19. The van der Waals surface area contributed by atoms with Crippen molar-refractivity contribution in [2.24, 2.45) is 0 Å². The molecule has 2 rings (SSSR count). The standard InChI is InChI=1S/C16H18BrClFNS/c1-3-6-20-14(16-15(18)10(2)9-21-16)8-11-7-12(19)4-5-13(11)17/h4-5,7,9,14,20H,3,6,8H2,1-2H3. The summed E-state index contributed by atoms with van der Waals surface area (Å²) in [6.07, 6.45) is 1.75. The summed E-state index contributed by atoms with van der Waals surface area (Å²) in [6.45, 7) is 5.05. The van der Waals surface area contributed by atoms with E-state index in [4.69, 9.17) is 11.6 Å². The normalized spacial score (nSPS) is 12.6. The van der Waals surface area contributed by atoms with Crippen LogP contribution in [0.25, 0.3) is 0 Å². The molecule has 0 bridgehead atoms. The highest BCUT2D eigenvalue weighted by atomic mass is 79.9. The molecule has 0 aliphatic rings. The van der Waals surface area contributed by atoms with Crippen LogP contribution >= 0.6 is 38.9 Å². The second kappa shape index (κ2) is 7.73. The number of hydrogen-bond donors (Lipinski definition) is 1. The van der Waals surface area contributed by atoms with Gasteiger partial charge in [0, 0.05) is 15.4 Å². The summed E-state index contributed by atoms with van der Waals surface area (Å²) in [5.74, 6) is -0.212. The van der Waals surface area contributed by atoms with Crippen LogP contribution < -0.4 is 5.32 Å². The molecule has 0 radical (unpaired) electrons. The molecule has 1 atom stereocenters. The number of benzene rings is 1. The van der Waals surface area contributed by atoms with Crippen LogP contribution in [0.3, 0.4) is 0 Å². The van der Waals surface area contributed by atoms with Gasteiger partial charge in [-0.05, 0) is 61.0 Å². The maximum absolute atomic E-state index is 13.5. The van der Waals surface area contributed by atoms with Crippen LogP contribution in [0.1, 0.15) is 35.4 Å². The van der Waals surface area contributed by atoms with Crippen molar-refractivity contribution >= 4 is 38.9 Å². The number of aryl methyl sites for hydroxylation is 1. The zero-order chi connectivity index (χ0) is 15.4. The Morgan fingerprint density at radius 2 is 2.19 bits per heavy atom. The Hall–Kier alpha value is -0.420. The molecule has 2 aromatic rings. The van der Waals surface area contributed by atoms with Crippen molar-refractivity contribution in [1.82, 2.24) is 5.32 Å². The molecule has 0 saturated heterocycles. The lowest BCUT2D eigenvalue weighted by Gasteiger charge is -2.19. The first-order valence-corrected chi connectivity index (χ1v) is 8.98. The van der Waals surface area contributed by atoms with Gasteiger partial charge in [0.2, 0.25) is 0 Å². The summed E-state index contributed by atoms with van der Waals surface area (Å²) in [5.41, 5.74) is 2.05. The molecule has 0 saturated carbocycles. The van der Waals surface area contributed by atoms with Crippen LogP contribution in [0.2, 0.25) is 5.02 Å². The fourth-order valence-corrected chi connectivity index (χ4v) is 3.99. The Bertz CT molecular complexity index is 614. The van der Waals surface area contributed by atoms with Gasteiger partial charge in [0.25, 0.3) is 0 Å². The molecule has 0 aliphatic heterocycles. The molecular formula is C16H18BrClFNS. The Labute approximate surface area is 142 Å². The number of rotatable bonds is 6. The van der Waals surface area contributed by atoms with E-state index in [1.165, 1.54) is 6.07 Å². The Morgan fingerprint density at radius 1 is 1.43 bits per heavy atom. The molecule has 1 aromatic heterocycles. The lowest BCUT2D eigenvalue weighted by molar-refractivity contribution is 0.533. The molecule has 1 aromatic carbocycles. The summed E-state index contributed by atoms with van der Waals surface area (Å²) >= 11 is 11.6. The van der Waals surface area contributed by atoms with Crippen LogP contribution in [-0.2, 0) is 6.42 Å². The SMILES string of the molecule is CCCNC(Cc1cc(F)ccc1Br)c1scc(C)c1Cl. The molecule has 1 nitrogen and oxygen atoms in total. The molecular weight excluding hydrogens is 373 g/mol. The number of halogens is 3. The van der Waals surface area contributed by atoms with E-state index in [2.05, 4.69) is 33.6 Å². The number of nitrogens with one attached hydrogen (secondary N) is 1. The van der Waals surface area contributed by atoms with Gasteiger partial charge in [-0.25, -0.2) is 4.39 Å². The third-order valence-corrected chi connectivity index (χ3v) is 5.92. The van der Waals surface area contributed by atoms with Crippen molar-refractivity contribution in [1.29, 1.82) is 0 Å². The molecule has 0 spiro atoms. The van der Waals surface area contributed by atoms with Crippen molar-refractivity contribution in [3.05, 3.63) is 54.9 Å². The van der Waals surface area contributed by atoms with Crippen molar-refractivity contribution in [3.8, 4) is 0 Å². The van der Waals surface area contributed by atoms with E-state index in [9.17, 15) is 4.39 Å². The maximum atomic E-state index is 13.5. The smallest absolute Gasteiger partial charge is 0.123 e. The van der Waals surface area contributed by atoms with Crippen molar-refractivity contribution in [3.63, 3.8) is 0 Å². The van der Waals surface area contributed by atoms with Gasteiger partial charge >= 0.3 is 0 Å². The lowest BCUT2D eigenvalue weighted by Crippen LogP contribution is -2.23. The monoisotopic (exact) mass is 389 g/mol. The third kappa shape index (κ3) is 4.28. The van der Waals surface area contributed by atoms with Crippen molar-refractivity contribution in [2.45, 2.75) is 32.7 Å². The van der Waals surface area contributed by atoms with Gasteiger partial charge < -0.3 is 5.32 Å². The first-order valence-electron chi connectivity index (χ1n) is 6.93. The van der Waals surface area contributed by atoms with Crippen molar-refractivity contribution in [2.75, 3.05) is 6.54 Å². The van der Waals surface area contributed by atoms with E-state index in [1.54, 1.807) is 23.5 Å². The summed E-state index contributed by atoms with van der Waals surface area (Å²) in [4.78, 5) is 1.12. The average Bonchev–Trinajstić information content (AvgIpc) is 2.79.